The molecule has 2 N–H and O–H groups in total. The molecular formula is C24H36BrN5O5. The van der Waals surface area contributed by atoms with Gasteiger partial charge in [0.1, 0.15) is 6.73 Å². The number of hydrogen-bond donors (Lipinski definition) is 2. The van der Waals surface area contributed by atoms with E-state index >= 15 is 0 Å². The standard InChI is InChI=1S/C24H36BrN5O5/c25-14-23(32)26-22-3-1-20(2-4-22)13-21-15-27-5-7-29(17-24(33)34)8-6-28(16-21)10-12-30(11-9-27)18-35-19-31/h1-4,19,21H,5-18H2,(H,26,32)(H,33,34). The smallest absolute Gasteiger partial charge is 0.317 e. The van der Waals surface area contributed by atoms with Crippen LogP contribution in [0.2, 0.25) is 0 Å². The maximum Gasteiger partial charge on any atom is 0.317 e. The fourth-order valence-corrected chi connectivity index (χ4v) is 4.87. The Morgan fingerprint density at radius 3 is 2.06 bits per heavy atom. The number of aliphatic carboxylic acids is 1. The van der Waals surface area contributed by atoms with E-state index in [0.717, 1.165) is 64.5 Å². The fourth-order valence-electron chi connectivity index (χ4n) is 4.73. The van der Waals surface area contributed by atoms with Crippen LogP contribution < -0.4 is 5.32 Å². The summed E-state index contributed by atoms with van der Waals surface area (Å²) >= 11 is 3.17. The van der Waals surface area contributed by atoms with Crippen molar-refractivity contribution in [1.29, 1.82) is 0 Å². The molecule has 1 aromatic carbocycles. The van der Waals surface area contributed by atoms with Crippen molar-refractivity contribution >= 4 is 40.0 Å². The number of hydrogen-bond acceptors (Lipinski definition) is 8. The van der Waals surface area contributed by atoms with Crippen molar-refractivity contribution in [2.75, 3.05) is 89.4 Å². The van der Waals surface area contributed by atoms with Gasteiger partial charge in [0, 0.05) is 71.1 Å². The molecule has 10 nitrogen and oxygen atoms in total. The highest BCUT2D eigenvalue weighted by molar-refractivity contribution is 9.09. The molecular weight excluding hydrogens is 518 g/mol. The molecule has 0 aromatic heterocycles. The van der Waals surface area contributed by atoms with E-state index in [1.54, 1.807) is 0 Å². The zero-order valence-corrected chi connectivity index (χ0v) is 21.7. The number of benzene rings is 1. The number of carbonyl (C=O) groups is 3. The van der Waals surface area contributed by atoms with E-state index in [9.17, 15) is 19.5 Å². The molecule has 0 saturated carbocycles. The van der Waals surface area contributed by atoms with Crippen molar-refractivity contribution in [3.63, 3.8) is 0 Å². The number of carbonyl (C=O) groups excluding carboxylic acids is 2. The average molecular weight is 554 g/mol. The first kappa shape index (κ1) is 27.5. The van der Waals surface area contributed by atoms with Crippen LogP contribution in [0.1, 0.15) is 5.56 Å². The Hall–Kier alpha value is -2.05. The van der Waals surface area contributed by atoms with Crippen LogP contribution >= 0.6 is 15.9 Å². The van der Waals surface area contributed by atoms with E-state index in [1.165, 1.54) is 5.56 Å². The van der Waals surface area contributed by atoms with Gasteiger partial charge in [-0.15, -0.1) is 0 Å². The Morgan fingerprint density at radius 1 is 0.971 bits per heavy atom. The molecule has 0 radical (unpaired) electrons. The van der Waals surface area contributed by atoms with Crippen molar-refractivity contribution in [1.82, 2.24) is 19.6 Å². The number of carboxylic acids is 1. The van der Waals surface area contributed by atoms with Gasteiger partial charge in [0.05, 0.1) is 11.9 Å². The first-order valence-corrected chi connectivity index (χ1v) is 13.2. The summed E-state index contributed by atoms with van der Waals surface area (Å²) in [5, 5.41) is 12.4. The third kappa shape index (κ3) is 9.85. The summed E-state index contributed by atoms with van der Waals surface area (Å²) in [5.41, 5.74) is 2.02. The number of carboxylic acid groups (broad SMARTS) is 1. The van der Waals surface area contributed by atoms with Gasteiger partial charge in [0.25, 0.3) is 6.47 Å². The van der Waals surface area contributed by atoms with Crippen molar-refractivity contribution in [3.8, 4) is 0 Å². The molecule has 1 aromatic rings. The zero-order chi connectivity index (χ0) is 25.0. The van der Waals surface area contributed by atoms with E-state index in [1.807, 2.05) is 17.0 Å². The van der Waals surface area contributed by atoms with E-state index in [-0.39, 0.29) is 24.5 Å². The third-order valence-corrected chi connectivity index (χ3v) is 7.04. The van der Waals surface area contributed by atoms with Crippen LogP contribution in [-0.2, 0) is 25.5 Å². The SMILES string of the molecule is O=COCN1CCN2CCN(CC(=O)O)CCN(CC1)CC(Cc1ccc(NC(=O)CBr)cc1)C2. The van der Waals surface area contributed by atoms with Gasteiger partial charge in [-0.1, -0.05) is 28.1 Å². The Bertz CT molecular complexity index is 805. The molecule has 3 rings (SSSR count). The second-order valence-corrected chi connectivity index (χ2v) is 9.79. The molecule has 2 aliphatic rings. The molecule has 2 bridgehead atoms. The molecule has 35 heavy (non-hydrogen) atoms. The lowest BCUT2D eigenvalue weighted by atomic mass is 9.97. The van der Waals surface area contributed by atoms with Crippen molar-refractivity contribution in [2.45, 2.75) is 6.42 Å². The number of nitrogens with zero attached hydrogens (tertiary/aromatic N) is 4. The largest absolute Gasteiger partial charge is 0.480 e. The topological polar surface area (TPSA) is 106 Å². The molecule has 2 aliphatic heterocycles. The highest BCUT2D eigenvalue weighted by atomic mass is 79.9. The monoisotopic (exact) mass is 553 g/mol. The third-order valence-electron chi connectivity index (χ3n) is 6.53. The fraction of sp³-hybridized carbons (Fsp3) is 0.625. The van der Waals surface area contributed by atoms with Crippen molar-refractivity contribution in [3.05, 3.63) is 29.8 Å². The lowest BCUT2D eigenvalue weighted by Crippen LogP contribution is -2.52. The quantitative estimate of drug-likeness (QED) is 0.336. The summed E-state index contributed by atoms with van der Waals surface area (Å²) in [7, 11) is 0. The molecule has 1 amide bonds. The first-order chi connectivity index (χ1) is 16.9. The van der Waals surface area contributed by atoms with E-state index in [0.29, 0.717) is 25.5 Å². The second kappa shape index (κ2) is 14.5. The number of fused-ring (bicyclic) bond motifs is 4. The van der Waals surface area contributed by atoms with Gasteiger partial charge in [-0.05, 0) is 30.0 Å². The maximum atomic E-state index is 11.6. The lowest BCUT2D eigenvalue weighted by Gasteiger charge is -2.39. The minimum atomic E-state index is -0.793. The second-order valence-electron chi connectivity index (χ2n) is 9.23. The van der Waals surface area contributed by atoms with Crippen LogP contribution in [0.3, 0.4) is 0 Å². The van der Waals surface area contributed by atoms with Gasteiger partial charge in [-0.25, -0.2) is 0 Å². The summed E-state index contributed by atoms with van der Waals surface area (Å²) in [6, 6.07) is 8.06. The Kier molecular flexibility index (Phi) is 11.4. The molecule has 2 atom stereocenters. The molecule has 2 fully saturated rings. The number of amides is 1. The number of nitrogens with one attached hydrogen (secondary N) is 1. The summed E-state index contributed by atoms with van der Waals surface area (Å²) in [6.45, 7) is 8.89. The van der Waals surface area contributed by atoms with Gasteiger partial charge >= 0.3 is 5.97 Å². The van der Waals surface area contributed by atoms with Gasteiger partial charge in [-0.3, -0.25) is 24.2 Å². The molecule has 11 heteroatoms. The van der Waals surface area contributed by atoms with E-state index < -0.39 is 5.97 Å². The number of ether oxygens (including phenoxy) is 1. The highest BCUT2D eigenvalue weighted by Crippen LogP contribution is 2.18. The van der Waals surface area contributed by atoms with Gasteiger partial charge < -0.3 is 25.0 Å². The van der Waals surface area contributed by atoms with Crippen molar-refractivity contribution in [2.24, 2.45) is 5.92 Å². The van der Waals surface area contributed by atoms with Crippen LogP contribution in [0.4, 0.5) is 5.69 Å². The Balaban J connectivity index is 1.72. The van der Waals surface area contributed by atoms with Crippen molar-refractivity contribution < 1.29 is 24.2 Å². The van der Waals surface area contributed by atoms with Crippen LogP contribution in [0.25, 0.3) is 0 Å². The van der Waals surface area contributed by atoms with Gasteiger partial charge in [-0.2, -0.15) is 0 Å². The predicted octanol–water partition coefficient (Wildman–Crippen LogP) is 0.629. The summed E-state index contributed by atoms with van der Waals surface area (Å²) in [5.74, 6) is -0.449. The molecule has 194 valence electrons. The predicted molar refractivity (Wildman–Crippen MR) is 137 cm³/mol. The minimum Gasteiger partial charge on any atom is -0.480 e. The lowest BCUT2D eigenvalue weighted by molar-refractivity contribution is -0.138. The normalized spacial score (nSPS) is 24.5. The van der Waals surface area contributed by atoms with E-state index in [2.05, 4.69) is 48.1 Å². The highest BCUT2D eigenvalue weighted by Gasteiger charge is 2.25. The number of halogens is 1. The van der Waals surface area contributed by atoms with Crippen LogP contribution in [-0.4, -0.2) is 127 Å². The number of anilines is 1. The minimum absolute atomic E-state index is 0.0579. The molecule has 2 unspecified atom stereocenters. The number of rotatable bonds is 9. The van der Waals surface area contributed by atoms with E-state index in [4.69, 9.17) is 4.74 Å². The Labute approximate surface area is 215 Å². The molecule has 0 spiro atoms. The van der Waals surface area contributed by atoms with Gasteiger partial charge in [0.15, 0.2) is 0 Å². The van der Waals surface area contributed by atoms with Crippen LogP contribution in [0, 0.1) is 5.92 Å². The van der Waals surface area contributed by atoms with Gasteiger partial charge in [0.2, 0.25) is 5.91 Å². The molecule has 0 aliphatic carbocycles. The molecule has 2 heterocycles. The summed E-state index contributed by atoms with van der Waals surface area (Å²) < 4.78 is 5.03. The summed E-state index contributed by atoms with van der Waals surface area (Å²) in [4.78, 5) is 42.7. The van der Waals surface area contributed by atoms with Crippen LogP contribution in [0.5, 0.6) is 0 Å². The Morgan fingerprint density at radius 2 is 1.54 bits per heavy atom. The van der Waals surface area contributed by atoms with Crippen LogP contribution in [0.15, 0.2) is 24.3 Å². The average Bonchev–Trinajstić information content (AvgIpc) is 2.84. The zero-order valence-electron chi connectivity index (χ0n) is 20.1. The number of alkyl halides is 1. The first-order valence-electron chi connectivity index (χ1n) is 12.1. The maximum absolute atomic E-state index is 11.6. The summed E-state index contributed by atoms with van der Waals surface area (Å²) in [6.07, 6.45) is 0.927. The molecule has 2 saturated heterocycles.